The number of nitrogens with zero attached hydrogens (tertiary/aromatic N) is 3. The van der Waals surface area contributed by atoms with Gasteiger partial charge in [0.05, 0.1) is 18.2 Å². The second kappa shape index (κ2) is 7.89. The maximum Gasteiger partial charge on any atom is 0.239 e. The first-order chi connectivity index (χ1) is 13.0. The molecule has 0 radical (unpaired) electrons. The molecule has 4 fully saturated rings. The van der Waals surface area contributed by atoms with Crippen LogP contribution < -0.4 is 0 Å². The van der Waals surface area contributed by atoms with E-state index < -0.39 is 5.60 Å². The average molecular weight is 394 g/mol. The molecule has 0 aromatic carbocycles. The van der Waals surface area contributed by atoms with E-state index in [2.05, 4.69) is 6.07 Å². The summed E-state index contributed by atoms with van der Waals surface area (Å²) in [5.74, 6) is 1.54. The second-order valence-corrected chi connectivity index (χ2v) is 9.86. The summed E-state index contributed by atoms with van der Waals surface area (Å²) in [6, 6.07) is 2.16. The molecule has 4 aliphatic rings. The van der Waals surface area contributed by atoms with Crippen LogP contribution >= 0.6 is 11.8 Å². The van der Waals surface area contributed by atoms with Crippen molar-refractivity contribution < 1.29 is 9.90 Å². The molecule has 3 aliphatic carbocycles. The first-order valence-electron chi connectivity index (χ1n) is 10.8. The molecule has 27 heavy (non-hydrogen) atoms. The van der Waals surface area contributed by atoms with E-state index in [4.69, 9.17) is 11.8 Å². The van der Waals surface area contributed by atoms with E-state index in [9.17, 15) is 15.2 Å². The highest BCUT2D eigenvalue weighted by molar-refractivity contribution is 6.14. The van der Waals surface area contributed by atoms with E-state index in [1.54, 1.807) is 9.32 Å². The minimum atomic E-state index is -0.455. The van der Waals surface area contributed by atoms with Gasteiger partial charge in [-0.1, -0.05) is 19.3 Å². The van der Waals surface area contributed by atoms with Crippen molar-refractivity contribution in [2.45, 2.75) is 88.3 Å². The Morgan fingerprint density at radius 1 is 1.15 bits per heavy atom. The molecule has 1 N–H and O–H groups in total. The van der Waals surface area contributed by atoms with E-state index in [1.807, 2.05) is 0 Å². The van der Waals surface area contributed by atoms with Gasteiger partial charge in [0.15, 0.2) is 0 Å². The first kappa shape index (κ1) is 19.5. The maximum atomic E-state index is 12.5. The SMILES string of the molecule is N#C[C@@H]1CCCN1C(=O)CN(Cl)C1C[C@@H]2CC(O)(C3CCCCC3)C[C@@H]2C1. The molecule has 1 aliphatic heterocycles. The number of rotatable bonds is 4. The van der Waals surface area contributed by atoms with Gasteiger partial charge in [-0.2, -0.15) is 5.26 Å². The predicted octanol–water partition coefficient (Wildman–Crippen LogP) is 3.46. The van der Waals surface area contributed by atoms with Crippen molar-refractivity contribution in [1.29, 1.82) is 5.26 Å². The number of hydrogen-bond donors (Lipinski definition) is 1. The zero-order valence-electron chi connectivity index (χ0n) is 16.2. The Labute approximate surface area is 167 Å². The number of amides is 1. The van der Waals surface area contributed by atoms with Crippen LogP contribution in [0.1, 0.15) is 70.6 Å². The van der Waals surface area contributed by atoms with Crippen molar-refractivity contribution >= 4 is 17.7 Å². The van der Waals surface area contributed by atoms with Crippen LogP contribution in [0.4, 0.5) is 0 Å². The normalized spacial score (nSPS) is 39.7. The zero-order chi connectivity index (χ0) is 19.0. The molecule has 2 unspecified atom stereocenters. The topological polar surface area (TPSA) is 67.6 Å². The standard InChI is InChI=1S/C21H32ClN3O2/c22-25(14-20(26)24-8-4-7-18(24)13-23)19-9-15-11-21(27,12-16(15)10-19)17-5-2-1-3-6-17/h15-19,27H,1-12,14H2/t15-,16+,18-,19?,21?/m0/s1. The van der Waals surface area contributed by atoms with Gasteiger partial charge < -0.3 is 10.0 Å². The Hall–Kier alpha value is -0.830. The lowest BCUT2D eigenvalue weighted by atomic mass is 9.75. The van der Waals surface area contributed by atoms with E-state index in [0.717, 1.165) is 38.5 Å². The minimum absolute atomic E-state index is 0.0233. The molecule has 0 bridgehead atoms. The van der Waals surface area contributed by atoms with Crippen molar-refractivity contribution in [2.75, 3.05) is 13.1 Å². The lowest BCUT2D eigenvalue weighted by molar-refractivity contribution is -0.131. The Balaban J connectivity index is 1.29. The highest BCUT2D eigenvalue weighted by Gasteiger charge is 2.52. The molecule has 1 heterocycles. The fourth-order valence-electron chi connectivity index (χ4n) is 6.42. The zero-order valence-corrected chi connectivity index (χ0v) is 16.9. The lowest BCUT2D eigenvalue weighted by Crippen LogP contribution is -2.42. The van der Waals surface area contributed by atoms with Gasteiger partial charge in [0.25, 0.3) is 0 Å². The fourth-order valence-corrected chi connectivity index (χ4v) is 6.68. The van der Waals surface area contributed by atoms with Gasteiger partial charge in [-0.25, -0.2) is 4.42 Å². The number of carbonyl (C=O) groups excluding carboxylic acids is 1. The maximum absolute atomic E-state index is 12.5. The Morgan fingerprint density at radius 3 is 2.44 bits per heavy atom. The van der Waals surface area contributed by atoms with Gasteiger partial charge in [-0.3, -0.25) is 4.79 Å². The summed E-state index contributed by atoms with van der Waals surface area (Å²) >= 11 is 6.52. The van der Waals surface area contributed by atoms with Gasteiger partial charge >= 0.3 is 0 Å². The fraction of sp³-hybridized carbons (Fsp3) is 0.905. The monoisotopic (exact) mass is 393 g/mol. The molecule has 4 rings (SSSR count). The number of nitriles is 1. The van der Waals surface area contributed by atoms with Crippen molar-refractivity contribution in [1.82, 2.24) is 9.32 Å². The van der Waals surface area contributed by atoms with Crippen LogP contribution in [0.25, 0.3) is 0 Å². The Kier molecular flexibility index (Phi) is 5.69. The minimum Gasteiger partial charge on any atom is -0.390 e. The molecule has 0 aromatic heterocycles. The summed E-state index contributed by atoms with van der Waals surface area (Å²) in [4.78, 5) is 14.2. The smallest absolute Gasteiger partial charge is 0.239 e. The third kappa shape index (κ3) is 3.86. The summed E-state index contributed by atoms with van der Waals surface area (Å²) in [6.07, 6.45) is 11.7. The van der Waals surface area contributed by atoms with E-state index in [-0.39, 0.29) is 24.5 Å². The quantitative estimate of drug-likeness (QED) is 0.742. The largest absolute Gasteiger partial charge is 0.390 e. The molecule has 150 valence electrons. The molecule has 5 nitrogen and oxygen atoms in total. The number of carbonyl (C=O) groups is 1. The highest BCUT2D eigenvalue weighted by atomic mass is 35.5. The van der Waals surface area contributed by atoms with Gasteiger partial charge in [-0.05, 0) is 80.9 Å². The summed E-state index contributed by atoms with van der Waals surface area (Å²) in [6.45, 7) is 0.864. The number of fused-ring (bicyclic) bond motifs is 1. The van der Waals surface area contributed by atoms with Gasteiger partial charge in [0.1, 0.15) is 6.04 Å². The van der Waals surface area contributed by atoms with E-state index >= 15 is 0 Å². The Bertz CT molecular complexity index is 587. The second-order valence-electron chi connectivity index (χ2n) is 9.42. The van der Waals surface area contributed by atoms with Crippen LogP contribution in [-0.4, -0.2) is 51.1 Å². The van der Waals surface area contributed by atoms with Crippen LogP contribution in [0.2, 0.25) is 0 Å². The highest BCUT2D eigenvalue weighted by Crippen LogP contribution is 2.54. The number of aliphatic hydroxyl groups is 1. The van der Waals surface area contributed by atoms with Gasteiger partial charge in [0.2, 0.25) is 5.91 Å². The van der Waals surface area contributed by atoms with Crippen LogP contribution in [0, 0.1) is 29.1 Å². The Morgan fingerprint density at radius 2 is 1.81 bits per heavy atom. The van der Waals surface area contributed by atoms with Crippen LogP contribution in [0.15, 0.2) is 0 Å². The molecular formula is C21H32ClN3O2. The van der Waals surface area contributed by atoms with E-state index in [1.165, 1.54) is 32.1 Å². The van der Waals surface area contributed by atoms with Crippen molar-refractivity contribution in [2.24, 2.45) is 17.8 Å². The third-order valence-corrected chi connectivity index (χ3v) is 8.21. The number of halogens is 1. The first-order valence-corrected chi connectivity index (χ1v) is 11.2. The van der Waals surface area contributed by atoms with Gasteiger partial charge in [-0.15, -0.1) is 0 Å². The van der Waals surface area contributed by atoms with Crippen molar-refractivity contribution in [3.63, 3.8) is 0 Å². The summed E-state index contributed by atoms with van der Waals surface area (Å²) < 4.78 is 1.69. The molecule has 6 heteroatoms. The van der Waals surface area contributed by atoms with Gasteiger partial charge in [0, 0.05) is 12.6 Å². The molecule has 3 saturated carbocycles. The molecule has 0 aromatic rings. The third-order valence-electron chi connectivity index (χ3n) is 7.82. The number of likely N-dealkylation sites (tertiary alicyclic amines) is 1. The van der Waals surface area contributed by atoms with Crippen LogP contribution in [0.3, 0.4) is 0 Å². The average Bonchev–Trinajstić information content (AvgIpc) is 3.35. The predicted molar refractivity (Wildman–Crippen MR) is 104 cm³/mol. The summed E-state index contributed by atoms with van der Waals surface area (Å²) in [7, 11) is 0. The summed E-state index contributed by atoms with van der Waals surface area (Å²) in [5, 5.41) is 20.4. The molecule has 0 spiro atoms. The van der Waals surface area contributed by atoms with E-state index in [0.29, 0.717) is 24.3 Å². The molecule has 1 saturated heterocycles. The molecular weight excluding hydrogens is 362 g/mol. The molecule has 1 amide bonds. The lowest BCUT2D eigenvalue weighted by Gasteiger charge is -2.37. The number of hydrogen-bond acceptors (Lipinski definition) is 4. The van der Waals surface area contributed by atoms with Crippen molar-refractivity contribution in [3.8, 4) is 6.07 Å². The molecule has 5 atom stereocenters. The van der Waals surface area contributed by atoms with Crippen molar-refractivity contribution in [3.05, 3.63) is 0 Å². The van der Waals surface area contributed by atoms with Crippen LogP contribution in [-0.2, 0) is 4.79 Å². The summed E-state index contributed by atoms with van der Waals surface area (Å²) in [5.41, 5.74) is -0.455. The van der Waals surface area contributed by atoms with Crippen LogP contribution in [0.5, 0.6) is 0 Å².